The van der Waals surface area contributed by atoms with Gasteiger partial charge in [0, 0.05) is 12.2 Å². The average molecular weight is 452 g/mol. The number of carbonyl (C=O) groups excluding carboxylic acids is 2. The number of amidine groups is 1. The lowest BCUT2D eigenvalue weighted by Gasteiger charge is -2.13. The van der Waals surface area contributed by atoms with Crippen molar-refractivity contribution < 1.29 is 23.8 Å². The molecule has 1 unspecified atom stereocenters. The number of benzene rings is 2. The second-order valence-corrected chi connectivity index (χ2v) is 8.49. The van der Waals surface area contributed by atoms with Crippen LogP contribution in [0.1, 0.15) is 31.2 Å². The molecule has 8 nitrogen and oxygen atoms in total. The molecule has 2 aliphatic heterocycles. The molecule has 2 saturated heterocycles. The van der Waals surface area contributed by atoms with Crippen LogP contribution in [-0.2, 0) is 19.1 Å². The maximum Gasteiger partial charge on any atom is 0.306 e. The van der Waals surface area contributed by atoms with Crippen molar-refractivity contribution >= 4 is 17.7 Å². The third-order valence-electron chi connectivity index (χ3n) is 5.99. The second-order valence-electron chi connectivity index (χ2n) is 8.49. The fraction of sp³-hybridized carbons (Fsp3) is 0.400. The summed E-state index contributed by atoms with van der Waals surface area (Å²) in [6, 6.07) is 15.0. The number of ether oxygens (including phenoxy) is 3. The lowest BCUT2D eigenvalue weighted by Crippen LogP contribution is -2.31. The standard InChI is InChI=1S/C25H29N3O5/c26-24(27)18-5-3-16(4-6-18)17-7-9-21(10-8-17)32-14-20-12-19(25(30)28-20)13-23(29)33-15-22-2-1-11-31-22/h3-10,19-20,22H,1-2,11-15H2,(H3,26,27)(H,28,30)/t19-,20-,22?/m0/s1. The predicted molar refractivity (Wildman–Crippen MR) is 123 cm³/mol. The minimum absolute atomic E-state index is 0.0150. The van der Waals surface area contributed by atoms with Gasteiger partial charge >= 0.3 is 5.97 Å². The van der Waals surface area contributed by atoms with Crippen molar-refractivity contribution in [2.75, 3.05) is 19.8 Å². The Balaban J connectivity index is 1.22. The van der Waals surface area contributed by atoms with Crippen LogP contribution in [0.25, 0.3) is 11.1 Å². The van der Waals surface area contributed by atoms with Crippen LogP contribution in [0, 0.1) is 11.3 Å². The molecule has 8 heteroatoms. The molecule has 0 aromatic heterocycles. The summed E-state index contributed by atoms with van der Waals surface area (Å²) in [5.41, 5.74) is 8.22. The fourth-order valence-corrected chi connectivity index (χ4v) is 4.12. The van der Waals surface area contributed by atoms with Crippen molar-refractivity contribution in [2.45, 2.75) is 37.8 Å². The molecule has 2 aromatic carbocycles. The SMILES string of the molecule is N=C(N)c1ccc(-c2ccc(OC[C@@H]3C[C@@H](CC(=O)OCC4CCCO4)C(=O)N3)cc2)cc1. The van der Waals surface area contributed by atoms with Gasteiger partial charge in [-0.25, -0.2) is 0 Å². The molecule has 2 heterocycles. The summed E-state index contributed by atoms with van der Waals surface area (Å²) in [4.78, 5) is 24.3. The van der Waals surface area contributed by atoms with Gasteiger partial charge in [-0.05, 0) is 42.5 Å². The van der Waals surface area contributed by atoms with Crippen molar-refractivity contribution in [3.05, 3.63) is 54.1 Å². The van der Waals surface area contributed by atoms with Gasteiger partial charge in [0.2, 0.25) is 5.91 Å². The molecule has 2 aliphatic rings. The minimum Gasteiger partial charge on any atom is -0.491 e. The largest absolute Gasteiger partial charge is 0.491 e. The molecular weight excluding hydrogens is 422 g/mol. The molecule has 0 aliphatic carbocycles. The van der Waals surface area contributed by atoms with Crippen LogP contribution in [0.4, 0.5) is 0 Å². The lowest BCUT2D eigenvalue weighted by atomic mass is 10.0. The highest BCUT2D eigenvalue weighted by atomic mass is 16.6. The summed E-state index contributed by atoms with van der Waals surface area (Å²) in [5, 5.41) is 10.4. The molecule has 2 aromatic rings. The van der Waals surface area contributed by atoms with E-state index in [2.05, 4.69) is 5.32 Å². The predicted octanol–water partition coefficient (Wildman–Crippen LogP) is 2.63. The van der Waals surface area contributed by atoms with Crippen LogP contribution < -0.4 is 15.8 Å². The Morgan fingerprint density at radius 2 is 1.79 bits per heavy atom. The van der Waals surface area contributed by atoms with Gasteiger partial charge in [-0.15, -0.1) is 0 Å². The number of nitrogens with one attached hydrogen (secondary N) is 2. The van der Waals surface area contributed by atoms with Gasteiger partial charge in [-0.1, -0.05) is 36.4 Å². The molecule has 0 bridgehead atoms. The highest BCUT2D eigenvalue weighted by Crippen LogP contribution is 2.25. The second kappa shape index (κ2) is 10.5. The monoisotopic (exact) mass is 451 g/mol. The van der Waals surface area contributed by atoms with Crippen molar-refractivity contribution in [3.8, 4) is 16.9 Å². The first-order chi connectivity index (χ1) is 16.0. The number of rotatable bonds is 9. The Bertz CT molecular complexity index is 984. The maximum atomic E-state index is 12.2. The van der Waals surface area contributed by atoms with Crippen molar-refractivity contribution in [1.29, 1.82) is 5.41 Å². The van der Waals surface area contributed by atoms with Crippen molar-refractivity contribution in [1.82, 2.24) is 5.32 Å². The number of hydrogen-bond donors (Lipinski definition) is 3. The van der Waals surface area contributed by atoms with Gasteiger partial charge in [-0.2, -0.15) is 0 Å². The van der Waals surface area contributed by atoms with E-state index in [1.165, 1.54) is 0 Å². The van der Waals surface area contributed by atoms with E-state index in [-0.39, 0.29) is 42.9 Å². The molecule has 0 saturated carbocycles. The quantitative estimate of drug-likeness (QED) is 0.306. The first-order valence-corrected chi connectivity index (χ1v) is 11.2. The number of amides is 1. The lowest BCUT2D eigenvalue weighted by molar-refractivity contribution is -0.149. The summed E-state index contributed by atoms with van der Waals surface area (Å²) < 4.78 is 16.6. The summed E-state index contributed by atoms with van der Waals surface area (Å²) in [6.07, 6.45) is 2.50. The zero-order valence-electron chi connectivity index (χ0n) is 18.4. The highest BCUT2D eigenvalue weighted by molar-refractivity contribution is 5.95. The average Bonchev–Trinajstić information content (AvgIpc) is 3.46. The van der Waals surface area contributed by atoms with Gasteiger partial charge in [0.25, 0.3) is 0 Å². The third kappa shape index (κ3) is 6.10. The molecule has 1 amide bonds. The molecule has 174 valence electrons. The van der Waals surface area contributed by atoms with Gasteiger partial charge in [0.05, 0.1) is 24.5 Å². The normalized spacial score (nSPS) is 22.1. The van der Waals surface area contributed by atoms with Crippen LogP contribution in [0.5, 0.6) is 5.75 Å². The van der Waals surface area contributed by atoms with E-state index in [1.807, 2.05) is 48.5 Å². The Kier molecular flexibility index (Phi) is 7.24. The number of nitrogens with two attached hydrogens (primary N) is 1. The van der Waals surface area contributed by atoms with Crippen LogP contribution in [0.3, 0.4) is 0 Å². The summed E-state index contributed by atoms with van der Waals surface area (Å²) in [7, 11) is 0. The van der Waals surface area contributed by atoms with Gasteiger partial charge in [-0.3, -0.25) is 15.0 Å². The van der Waals surface area contributed by atoms with Crippen LogP contribution in [0.2, 0.25) is 0 Å². The Morgan fingerprint density at radius 1 is 1.09 bits per heavy atom. The maximum absolute atomic E-state index is 12.2. The summed E-state index contributed by atoms with van der Waals surface area (Å²) in [5.74, 6) is -0.146. The highest BCUT2D eigenvalue weighted by Gasteiger charge is 2.34. The molecule has 2 fully saturated rings. The molecule has 33 heavy (non-hydrogen) atoms. The molecule has 4 N–H and O–H groups in total. The molecule has 0 spiro atoms. The minimum atomic E-state index is -0.393. The van der Waals surface area contributed by atoms with E-state index >= 15 is 0 Å². The van der Waals surface area contributed by atoms with Crippen LogP contribution in [-0.4, -0.2) is 49.7 Å². The van der Waals surface area contributed by atoms with Gasteiger partial charge in [0.15, 0.2) is 0 Å². The topological polar surface area (TPSA) is 124 Å². The van der Waals surface area contributed by atoms with Crippen molar-refractivity contribution in [3.63, 3.8) is 0 Å². The first-order valence-electron chi connectivity index (χ1n) is 11.2. The number of hydrogen-bond acceptors (Lipinski definition) is 6. The molecule has 4 rings (SSSR count). The van der Waals surface area contributed by atoms with E-state index in [0.29, 0.717) is 30.9 Å². The van der Waals surface area contributed by atoms with Crippen LogP contribution >= 0.6 is 0 Å². The zero-order valence-corrected chi connectivity index (χ0v) is 18.4. The smallest absolute Gasteiger partial charge is 0.306 e. The molecule has 3 atom stereocenters. The van der Waals surface area contributed by atoms with E-state index in [4.69, 9.17) is 25.4 Å². The van der Waals surface area contributed by atoms with E-state index in [0.717, 1.165) is 24.0 Å². The summed E-state index contributed by atoms with van der Waals surface area (Å²) >= 11 is 0. The van der Waals surface area contributed by atoms with Crippen molar-refractivity contribution in [2.24, 2.45) is 11.7 Å². The third-order valence-corrected chi connectivity index (χ3v) is 5.99. The van der Waals surface area contributed by atoms with E-state index in [1.54, 1.807) is 0 Å². The Morgan fingerprint density at radius 3 is 2.42 bits per heavy atom. The first kappa shape index (κ1) is 22.8. The van der Waals surface area contributed by atoms with Gasteiger partial charge in [0.1, 0.15) is 24.8 Å². The van der Waals surface area contributed by atoms with Crippen LogP contribution in [0.15, 0.2) is 48.5 Å². The fourth-order valence-electron chi connectivity index (χ4n) is 4.12. The number of carbonyl (C=O) groups is 2. The van der Waals surface area contributed by atoms with E-state index < -0.39 is 5.92 Å². The zero-order chi connectivity index (χ0) is 23.2. The number of nitrogen functional groups attached to an aromatic ring is 1. The van der Waals surface area contributed by atoms with E-state index in [9.17, 15) is 9.59 Å². The Labute approximate surface area is 192 Å². The molecular formula is C25H29N3O5. The summed E-state index contributed by atoms with van der Waals surface area (Å²) in [6.45, 7) is 1.31. The van der Waals surface area contributed by atoms with Gasteiger partial charge < -0.3 is 25.3 Å². The Hall–Kier alpha value is -3.39. The number of esters is 1. The molecule has 0 radical (unpaired) electrons.